The number of aryl methyl sites for hydroxylation is 1. The first-order valence-corrected chi connectivity index (χ1v) is 7.28. The average Bonchev–Trinajstić information content (AvgIpc) is 2.90. The van der Waals surface area contributed by atoms with Gasteiger partial charge in [0.25, 0.3) is 0 Å². The Hall–Kier alpha value is -1.84. The minimum absolute atomic E-state index is 0.101. The summed E-state index contributed by atoms with van der Waals surface area (Å²) in [7, 11) is 0. The molecular weight excluding hydrogens is 254 g/mol. The van der Waals surface area contributed by atoms with Crippen molar-refractivity contribution in [3.8, 4) is 0 Å². The lowest BCUT2D eigenvalue weighted by Gasteiger charge is -2.10. The number of hydrogen-bond donors (Lipinski definition) is 0. The lowest BCUT2D eigenvalue weighted by molar-refractivity contribution is -0.127. The number of amides is 2. The molecule has 1 aromatic carbocycles. The fourth-order valence-corrected chi connectivity index (χ4v) is 2.36. The van der Waals surface area contributed by atoms with Crippen molar-refractivity contribution >= 4 is 12.0 Å². The molecule has 0 bridgehead atoms. The number of cyclic esters (lactones) is 1. The number of rotatable bonds is 7. The topological polar surface area (TPSA) is 46.6 Å². The molecule has 4 nitrogen and oxygen atoms in total. The monoisotopic (exact) mass is 275 g/mol. The Morgan fingerprint density at radius 1 is 1.10 bits per heavy atom. The number of unbranched alkanes of at least 4 members (excludes halogenated alkanes) is 3. The van der Waals surface area contributed by atoms with Crippen LogP contribution in [0.25, 0.3) is 0 Å². The van der Waals surface area contributed by atoms with Crippen molar-refractivity contribution in [2.75, 3.05) is 13.2 Å². The van der Waals surface area contributed by atoms with Crippen molar-refractivity contribution in [1.29, 1.82) is 0 Å². The van der Waals surface area contributed by atoms with Crippen molar-refractivity contribution < 1.29 is 14.3 Å². The highest BCUT2D eigenvalue weighted by molar-refractivity contribution is 5.92. The third-order valence-corrected chi connectivity index (χ3v) is 3.51. The lowest BCUT2D eigenvalue weighted by Crippen LogP contribution is -2.31. The summed E-state index contributed by atoms with van der Waals surface area (Å²) in [5.41, 5.74) is 1.36. The van der Waals surface area contributed by atoms with E-state index in [-0.39, 0.29) is 5.91 Å². The average molecular weight is 275 g/mol. The maximum absolute atomic E-state index is 11.7. The van der Waals surface area contributed by atoms with E-state index in [9.17, 15) is 9.59 Å². The number of nitrogens with zero attached hydrogens (tertiary/aromatic N) is 1. The highest BCUT2D eigenvalue weighted by Crippen LogP contribution is 2.11. The largest absolute Gasteiger partial charge is 0.447 e. The summed E-state index contributed by atoms with van der Waals surface area (Å²) in [6.45, 7) is 0.743. The van der Waals surface area contributed by atoms with Gasteiger partial charge in [-0.2, -0.15) is 0 Å². The van der Waals surface area contributed by atoms with Crippen molar-refractivity contribution in [3.63, 3.8) is 0 Å². The van der Waals surface area contributed by atoms with Crippen LogP contribution < -0.4 is 0 Å². The van der Waals surface area contributed by atoms with Gasteiger partial charge < -0.3 is 4.74 Å². The molecule has 0 spiro atoms. The fourth-order valence-electron chi connectivity index (χ4n) is 2.36. The van der Waals surface area contributed by atoms with Crippen LogP contribution in [0.15, 0.2) is 30.3 Å². The molecule has 1 fully saturated rings. The number of carbonyl (C=O) groups is 2. The van der Waals surface area contributed by atoms with Gasteiger partial charge in [-0.25, -0.2) is 9.69 Å². The molecule has 108 valence electrons. The standard InChI is InChI=1S/C16H21NO3/c18-15(17-12-13-20-16(17)19)11-7-2-1-4-8-14-9-5-3-6-10-14/h3,5-6,9-10H,1-2,4,7-8,11-13H2. The van der Waals surface area contributed by atoms with Crippen molar-refractivity contribution in [3.05, 3.63) is 35.9 Å². The minimum Gasteiger partial charge on any atom is -0.447 e. The zero-order chi connectivity index (χ0) is 14.2. The van der Waals surface area contributed by atoms with Crippen LogP contribution in [0.4, 0.5) is 4.79 Å². The van der Waals surface area contributed by atoms with Crippen LogP contribution in [0.3, 0.4) is 0 Å². The second kappa shape index (κ2) is 7.68. The molecule has 2 rings (SSSR count). The highest BCUT2D eigenvalue weighted by atomic mass is 16.6. The Labute approximate surface area is 119 Å². The van der Waals surface area contributed by atoms with Gasteiger partial charge in [-0.1, -0.05) is 43.2 Å². The maximum Gasteiger partial charge on any atom is 0.416 e. The van der Waals surface area contributed by atoms with Gasteiger partial charge in [0, 0.05) is 6.42 Å². The van der Waals surface area contributed by atoms with Gasteiger partial charge in [-0.15, -0.1) is 0 Å². The molecule has 1 saturated heterocycles. The van der Waals surface area contributed by atoms with Gasteiger partial charge in [0.15, 0.2) is 0 Å². The first kappa shape index (κ1) is 14.6. The Balaban J connectivity index is 1.53. The van der Waals surface area contributed by atoms with E-state index in [1.54, 1.807) is 0 Å². The summed E-state index contributed by atoms with van der Waals surface area (Å²) >= 11 is 0. The predicted octanol–water partition coefficient (Wildman–Crippen LogP) is 3.16. The molecule has 1 aliphatic heterocycles. The summed E-state index contributed by atoms with van der Waals surface area (Å²) in [6, 6.07) is 10.4. The summed E-state index contributed by atoms with van der Waals surface area (Å²) in [5.74, 6) is -0.101. The van der Waals surface area contributed by atoms with E-state index < -0.39 is 6.09 Å². The first-order chi connectivity index (χ1) is 9.77. The van der Waals surface area contributed by atoms with Gasteiger partial charge in [-0.05, 0) is 24.8 Å². The summed E-state index contributed by atoms with van der Waals surface area (Å²) in [4.78, 5) is 24.1. The molecule has 0 saturated carbocycles. The Morgan fingerprint density at radius 3 is 2.55 bits per heavy atom. The van der Waals surface area contributed by atoms with E-state index in [1.165, 1.54) is 10.5 Å². The van der Waals surface area contributed by atoms with E-state index in [2.05, 4.69) is 24.3 Å². The van der Waals surface area contributed by atoms with Crippen molar-refractivity contribution in [2.45, 2.75) is 38.5 Å². The van der Waals surface area contributed by atoms with Crippen molar-refractivity contribution in [2.24, 2.45) is 0 Å². The lowest BCUT2D eigenvalue weighted by atomic mass is 10.1. The molecule has 0 unspecified atom stereocenters. The van der Waals surface area contributed by atoms with Crippen LogP contribution in [-0.2, 0) is 16.0 Å². The van der Waals surface area contributed by atoms with Crippen LogP contribution in [0.5, 0.6) is 0 Å². The third kappa shape index (κ3) is 4.37. The van der Waals surface area contributed by atoms with Gasteiger partial charge in [0.05, 0.1) is 6.54 Å². The number of imide groups is 1. The minimum atomic E-state index is -0.487. The van der Waals surface area contributed by atoms with Gasteiger partial charge >= 0.3 is 6.09 Å². The quantitative estimate of drug-likeness (QED) is 0.718. The Kier molecular flexibility index (Phi) is 5.59. The molecule has 1 aromatic rings. The number of hydrogen-bond acceptors (Lipinski definition) is 3. The Bertz CT molecular complexity index is 444. The van der Waals surface area contributed by atoms with Crippen LogP contribution >= 0.6 is 0 Å². The molecule has 2 amide bonds. The van der Waals surface area contributed by atoms with Gasteiger partial charge in [0.2, 0.25) is 5.91 Å². The summed E-state index contributed by atoms with van der Waals surface area (Å²) in [6.07, 6.45) is 5.18. The molecule has 0 aromatic heterocycles. The molecule has 0 aliphatic carbocycles. The SMILES string of the molecule is O=C(CCCCCCc1ccccc1)N1CCOC1=O. The molecule has 20 heavy (non-hydrogen) atoms. The van der Waals surface area contributed by atoms with E-state index in [0.717, 1.165) is 32.1 Å². The van der Waals surface area contributed by atoms with E-state index in [4.69, 9.17) is 4.74 Å². The number of carbonyl (C=O) groups excluding carboxylic acids is 2. The number of ether oxygens (including phenoxy) is 1. The van der Waals surface area contributed by atoms with E-state index >= 15 is 0 Å². The van der Waals surface area contributed by atoms with Crippen LogP contribution in [0.1, 0.15) is 37.7 Å². The predicted molar refractivity (Wildman–Crippen MR) is 76.3 cm³/mol. The molecule has 0 atom stereocenters. The second-order valence-corrected chi connectivity index (χ2v) is 5.06. The van der Waals surface area contributed by atoms with E-state index in [1.807, 2.05) is 6.07 Å². The summed E-state index contributed by atoms with van der Waals surface area (Å²) < 4.78 is 4.75. The van der Waals surface area contributed by atoms with Crippen LogP contribution in [0.2, 0.25) is 0 Å². The van der Waals surface area contributed by atoms with Crippen molar-refractivity contribution in [1.82, 2.24) is 4.90 Å². The highest BCUT2D eigenvalue weighted by Gasteiger charge is 2.27. The normalized spacial score (nSPS) is 14.4. The second-order valence-electron chi connectivity index (χ2n) is 5.06. The molecule has 1 heterocycles. The summed E-state index contributed by atoms with van der Waals surface area (Å²) in [5, 5.41) is 0. The molecular formula is C16H21NO3. The van der Waals surface area contributed by atoms with Gasteiger partial charge in [0.1, 0.15) is 6.61 Å². The maximum atomic E-state index is 11.7. The fraction of sp³-hybridized carbons (Fsp3) is 0.500. The zero-order valence-corrected chi connectivity index (χ0v) is 11.7. The van der Waals surface area contributed by atoms with Gasteiger partial charge in [-0.3, -0.25) is 4.79 Å². The first-order valence-electron chi connectivity index (χ1n) is 7.28. The van der Waals surface area contributed by atoms with Crippen LogP contribution in [-0.4, -0.2) is 30.1 Å². The number of benzene rings is 1. The molecule has 4 heteroatoms. The molecule has 1 aliphatic rings. The molecule has 0 radical (unpaired) electrons. The molecule has 0 N–H and O–H groups in total. The smallest absolute Gasteiger partial charge is 0.416 e. The zero-order valence-electron chi connectivity index (χ0n) is 11.7. The van der Waals surface area contributed by atoms with Crippen LogP contribution in [0, 0.1) is 0 Å². The van der Waals surface area contributed by atoms with E-state index in [0.29, 0.717) is 19.6 Å². The third-order valence-electron chi connectivity index (χ3n) is 3.51. The Morgan fingerprint density at radius 2 is 1.85 bits per heavy atom.